The summed E-state index contributed by atoms with van der Waals surface area (Å²) in [6.07, 6.45) is 0.858. The molecule has 1 aromatic carbocycles. The Morgan fingerprint density at radius 2 is 2.31 bits per heavy atom. The first kappa shape index (κ1) is 12.8. The largest absolute Gasteiger partial charge is 0.508 e. The van der Waals surface area contributed by atoms with Crippen LogP contribution in [0.1, 0.15) is 12.0 Å². The summed E-state index contributed by atoms with van der Waals surface area (Å²) < 4.78 is 7.47. The van der Waals surface area contributed by atoms with Gasteiger partial charge in [0.1, 0.15) is 5.75 Å². The summed E-state index contributed by atoms with van der Waals surface area (Å²) in [5.74, 6) is 2.57. The zero-order chi connectivity index (χ0) is 11.8. The fourth-order valence-corrected chi connectivity index (χ4v) is 1.33. The molecule has 84 valence electrons. The molecule has 0 unspecified atom stereocenters. The van der Waals surface area contributed by atoms with Crippen LogP contribution in [-0.4, -0.2) is 17.7 Å². The Hall–Kier alpha value is -1.22. The zero-order valence-corrected chi connectivity index (χ0v) is 10.7. The number of carbonyl (C=O) groups excluding carboxylic acids is 1. The number of ether oxygens (including phenoxy) is 1. The summed E-state index contributed by atoms with van der Waals surface area (Å²) in [6, 6.07) is 6.84. The summed E-state index contributed by atoms with van der Waals surface area (Å²) in [5.41, 5.74) is 0.914. The number of benzene rings is 1. The minimum absolute atomic E-state index is 0.141. The number of carbonyl (C=O) groups is 1. The third-order valence-corrected chi connectivity index (χ3v) is 2.28. The van der Waals surface area contributed by atoms with Gasteiger partial charge in [-0.2, -0.15) is 0 Å². The van der Waals surface area contributed by atoms with Gasteiger partial charge in [0.15, 0.2) is 6.61 Å². The zero-order valence-electron chi connectivity index (χ0n) is 8.57. The average molecular weight is 330 g/mol. The highest BCUT2D eigenvalue weighted by Crippen LogP contribution is 2.12. The van der Waals surface area contributed by atoms with Crippen LogP contribution >= 0.6 is 22.6 Å². The number of hydrogen-bond acceptors (Lipinski definition) is 3. The van der Waals surface area contributed by atoms with Crippen molar-refractivity contribution in [3.05, 3.63) is 29.8 Å². The van der Waals surface area contributed by atoms with Gasteiger partial charge in [-0.05, 0) is 28.0 Å². The van der Waals surface area contributed by atoms with Crippen LogP contribution in [0.5, 0.6) is 5.75 Å². The number of esters is 1. The average Bonchev–Trinajstić information content (AvgIpc) is 2.27. The first-order chi connectivity index (χ1) is 7.72. The van der Waals surface area contributed by atoms with Gasteiger partial charge in [0, 0.05) is 29.0 Å². The monoisotopic (exact) mass is 330 g/mol. The van der Waals surface area contributed by atoms with Crippen LogP contribution < -0.4 is 0 Å². The van der Waals surface area contributed by atoms with Crippen LogP contribution in [0.3, 0.4) is 0 Å². The minimum Gasteiger partial charge on any atom is -0.508 e. The van der Waals surface area contributed by atoms with E-state index in [2.05, 4.69) is 9.85 Å². The Morgan fingerprint density at radius 3 is 3.00 bits per heavy atom. The quantitative estimate of drug-likeness (QED) is 0.523. The fourth-order valence-electron chi connectivity index (χ4n) is 1.17. The molecule has 4 heteroatoms. The normalized spacial score (nSPS) is 9.06. The van der Waals surface area contributed by atoms with Crippen molar-refractivity contribution in [2.24, 2.45) is 0 Å². The number of aromatic hydroxyl groups is 1. The van der Waals surface area contributed by atoms with E-state index in [1.54, 1.807) is 18.2 Å². The van der Waals surface area contributed by atoms with Gasteiger partial charge in [-0.3, -0.25) is 4.79 Å². The second-order valence-corrected chi connectivity index (χ2v) is 3.64. The molecular weight excluding hydrogens is 319 g/mol. The molecule has 3 nitrogen and oxygen atoms in total. The van der Waals surface area contributed by atoms with Crippen molar-refractivity contribution in [1.29, 1.82) is 0 Å². The Bertz CT molecular complexity index is 418. The van der Waals surface area contributed by atoms with Gasteiger partial charge >= 0.3 is 5.97 Å². The van der Waals surface area contributed by atoms with E-state index in [-0.39, 0.29) is 18.3 Å². The molecule has 0 amide bonds. The van der Waals surface area contributed by atoms with E-state index in [1.807, 2.05) is 28.7 Å². The standard InChI is InChI=1S/C12H11IO3/c13-7-2-8-16-12(15)6-5-10-3-1-4-11(14)9-10/h1,3-4,9,14H,5-6,8H2. The number of phenols is 1. The molecule has 0 aliphatic carbocycles. The lowest BCUT2D eigenvalue weighted by Crippen LogP contribution is -2.05. The van der Waals surface area contributed by atoms with Crippen LogP contribution in [0.15, 0.2) is 24.3 Å². The molecule has 1 rings (SSSR count). The highest BCUT2D eigenvalue weighted by atomic mass is 127. The van der Waals surface area contributed by atoms with Gasteiger partial charge < -0.3 is 9.84 Å². The Balaban J connectivity index is 2.33. The SMILES string of the molecule is O=C(CCc1cccc(O)c1)OCC#CI. The lowest BCUT2D eigenvalue weighted by atomic mass is 10.1. The molecule has 0 aliphatic rings. The smallest absolute Gasteiger partial charge is 0.307 e. The molecule has 1 aromatic rings. The summed E-state index contributed by atoms with van der Waals surface area (Å²) in [6.45, 7) is 0.141. The summed E-state index contributed by atoms with van der Waals surface area (Å²) >= 11 is 1.89. The first-order valence-corrected chi connectivity index (χ1v) is 5.82. The van der Waals surface area contributed by atoms with E-state index < -0.39 is 0 Å². The van der Waals surface area contributed by atoms with Gasteiger partial charge in [-0.1, -0.05) is 18.1 Å². The molecule has 0 aliphatic heterocycles. The molecule has 0 radical (unpaired) electrons. The fraction of sp³-hybridized carbons (Fsp3) is 0.250. The molecule has 0 spiro atoms. The maximum absolute atomic E-state index is 11.2. The highest BCUT2D eigenvalue weighted by Gasteiger charge is 2.03. The van der Waals surface area contributed by atoms with E-state index in [9.17, 15) is 9.90 Å². The minimum atomic E-state index is -0.275. The Labute approximate surface area is 108 Å². The lowest BCUT2D eigenvalue weighted by molar-refractivity contribution is -0.142. The van der Waals surface area contributed by atoms with Crippen molar-refractivity contribution in [3.63, 3.8) is 0 Å². The second kappa shape index (κ2) is 7.12. The molecule has 0 heterocycles. The van der Waals surface area contributed by atoms with Crippen molar-refractivity contribution in [2.75, 3.05) is 6.61 Å². The second-order valence-electron chi connectivity index (χ2n) is 3.10. The molecule has 0 saturated carbocycles. The molecule has 0 bridgehead atoms. The van der Waals surface area contributed by atoms with Gasteiger partial charge in [0.2, 0.25) is 0 Å². The van der Waals surface area contributed by atoms with E-state index >= 15 is 0 Å². The van der Waals surface area contributed by atoms with E-state index in [0.717, 1.165) is 5.56 Å². The van der Waals surface area contributed by atoms with E-state index in [1.165, 1.54) is 0 Å². The predicted molar refractivity (Wildman–Crippen MR) is 69.2 cm³/mol. The third kappa shape index (κ3) is 5.03. The highest BCUT2D eigenvalue weighted by molar-refractivity contribution is 14.1. The molecule has 16 heavy (non-hydrogen) atoms. The first-order valence-electron chi connectivity index (χ1n) is 4.74. The van der Waals surface area contributed by atoms with Crippen molar-refractivity contribution >= 4 is 28.6 Å². The number of hydrogen-bond donors (Lipinski definition) is 1. The number of phenolic OH excluding ortho intramolecular Hbond substituents is 1. The molecule has 0 aromatic heterocycles. The van der Waals surface area contributed by atoms with Crippen LogP contribution in [0.2, 0.25) is 0 Å². The van der Waals surface area contributed by atoms with Crippen molar-refractivity contribution < 1.29 is 14.6 Å². The van der Waals surface area contributed by atoms with E-state index in [0.29, 0.717) is 12.8 Å². The van der Waals surface area contributed by atoms with E-state index in [4.69, 9.17) is 4.74 Å². The van der Waals surface area contributed by atoms with Gasteiger partial charge in [0.25, 0.3) is 0 Å². The summed E-state index contributed by atoms with van der Waals surface area (Å²) in [4.78, 5) is 11.2. The predicted octanol–water partition coefficient (Wildman–Crippen LogP) is 2.26. The van der Waals surface area contributed by atoms with Crippen molar-refractivity contribution in [1.82, 2.24) is 0 Å². The molecular formula is C12H11IO3. The number of halogens is 1. The van der Waals surface area contributed by atoms with Gasteiger partial charge in [0.05, 0.1) is 0 Å². The van der Waals surface area contributed by atoms with Gasteiger partial charge in [-0.15, -0.1) is 0 Å². The molecule has 0 saturated heterocycles. The lowest BCUT2D eigenvalue weighted by Gasteiger charge is -2.02. The summed E-state index contributed by atoms with van der Waals surface area (Å²) in [5, 5.41) is 9.22. The van der Waals surface area contributed by atoms with Gasteiger partial charge in [-0.25, -0.2) is 0 Å². The van der Waals surface area contributed by atoms with Crippen LogP contribution in [-0.2, 0) is 16.0 Å². The maximum Gasteiger partial charge on any atom is 0.307 e. The summed E-state index contributed by atoms with van der Waals surface area (Å²) in [7, 11) is 0. The Morgan fingerprint density at radius 1 is 1.50 bits per heavy atom. The molecule has 0 atom stereocenters. The third-order valence-electron chi connectivity index (χ3n) is 1.90. The van der Waals surface area contributed by atoms with Crippen LogP contribution in [0.4, 0.5) is 0 Å². The van der Waals surface area contributed by atoms with Crippen LogP contribution in [0, 0.1) is 9.85 Å². The van der Waals surface area contributed by atoms with Crippen molar-refractivity contribution in [3.8, 4) is 15.6 Å². The molecule has 1 N–H and O–H groups in total. The van der Waals surface area contributed by atoms with Crippen LogP contribution in [0.25, 0.3) is 0 Å². The van der Waals surface area contributed by atoms with Crippen molar-refractivity contribution in [2.45, 2.75) is 12.8 Å². The number of aryl methyl sites for hydroxylation is 1. The number of rotatable bonds is 4. The molecule has 0 fully saturated rings. The maximum atomic E-state index is 11.2. The Kier molecular flexibility index (Phi) is 5.72. The topological polar surface area (TPSA) is 46.5 Å².